The van der Waals surface area contributed by atoms with Gasteiger partial charge in [0.2, 0.25) is 0 Å². The first-order valence-electron chi connectivity index (χ1n) is 10.7. The highest BCUT2D eigenvalue weighted by Gasteiger charge is 2.71. The first-order chi connectivity index (χ1) is 12.0. The lowest BCUT2D eigenvalue weighted by Gasteiger charge is -2.73. The van der Waals surface area contributed by atoms with Crippen LogP contribution in [0.15, 0.2) is 12.2 Å². The van der Waals surface area contributed by atoms with Crippen molar-refractivity contribution in [2.24, 2.45) is 34.0 Å². The molecule has 5 saturated carbocycles. The molecular formula is C22H33NO2. The second-order valence-corrected chi connectivity index (χ2v) is 10.6. The maximum atomic E-state index is 11.3. The maximum absolute atomic E-state index is 11.3. The first kappa shape index (κ1) is 15.7. The van der Waals surface area contributed by atoms with Gasteiger partial charge in [-0.25, -0.2) is 0 Å². The third kappa shape index (κ3) is 1.62. The summed E-state index contributed by atoms with van der Waals surface area (Å²) >= 11 is 0. The topological polar surface area (TPSA) is 32.7 Å². The molecule has 2 saturated heterocycles. The number of hydrogen-bond acceptors (Lipinski definition) is 3. The second kappa shape index (κ2) is 4.72. The molecule has 138 valence electrons. The SMILES string of the molecule is C=C1C2CC[C@@]3(CC[C@@H]4[C@@]5(C)CCC[C@@]4(CN4CCO[C@H]45)[C@@H]3C2)[C@@H]1O. The molecule has 8 atom stereocenters. The fraction of sp³-hybridized carbons (Fsp3) is 0.909. The summed E-state index contributed by atoms with van der Waals surface area (Å²) < 4.78 is 6.29. The number of aliphatic hydroxyl groups is 1. The van der Waals surface area contributed by atoms with Gasteiger partial charge in [-0.05, 0) is 73.7 Å². The number of piperidine rings is 1. The zero-order valence-corrected chi connectivity index (χ0v) is 15.7. The summed E-state index contributed by atoms with van der Waals surface area (Å²) in [6.45, 7) is 10.1. The van der Waals surface area contributed by atoms with Crippen molar-refractivity contribution in [2.75, 3.05) is 19.7 Å². The van der Waals surface area contributed by atoms with E-state index in [0.29, 0.717) is 28.9 Å². The Hall–Kier alpha value is -0.380. The molecule has 5 aliphatic carbocycles. The number of rotatable bonds is 0. The van der Waals surface area contributed by atoms with Gasteiger partial charge in [0.1, 0.15) is 6.23 Å². The highest BCUT2D eigenvalue weighted by molar-refractivity contribution is 5.28. The highest BCUT2D eigenvalue weighted by atomic mass is 16.5. The minimum absolute atomic E-state index is 0.147. The summed E-state index contributed by atoms with van der Waals surface area (Å²) in [5.41, 5.74) is 2.07. The normalized spacial score (nSPS) is 60.1. The van der Waals surface area contributed by atoms with Crippen LogP contribution in [-0.4, -0.2) is 42.0 Å². The quantitative estimate of drug-likeness (QED) is 0.683. The maximum Gasteiger partial charge on any atom is 0.116 e. The molecule has 2 heterocycles. The van der Waals surface area contributed by atoms with Crippen LogP contribution in [0, 0.1) is 34.0 Å². The van der Waals surface area contributed by atoms with E-state index in [2.05, 4.69) is 18.4 Å². The molecule has 0 amide bonds. The molecule has 0 aromatic heterocycles. The van der Waals surface area contributed by atoms with Gasteiger partial charge in [-0.3, -0.25) is 4.90 Å². The van der Waals surface area contributed by atoms with Crippen molar-refractivity contribution in [1.82, 2.24) is 4.90 Å². The van der Waals surface area contributed by atoms with Gasteiger partial charge in [0, 0.05) is 23.9 Å². The highest BCUT2D eigenvalue weighted by Crippen LogP contribution is 2.74. The minimum atomic E-state index is -0.235. The van der Waals surface area contributed by atoms with Gasteiger partial charge in [-0.2, -0.15) is 0 Å². The third-order valence-corrected chi connectivity index (χ3v) is 10.1. The van der Waals surface area contributed by atoms with E-state index in [-0.39, 0.29) is 11.5 Å². The number of aliphatic hydroxyl groups excluding tert-OH is 1. The van der Waals surface area contributed by atoms with Crippen molar-refractivity contribution < 1.29 is 9.84 Å². The fourth-order valence-electron chi connectivity index (χ4n) is 9.25. The van der Waals surface area contributed by atoms with Crippen LogP contribution in [0.4, 0.5) is 0 Å². The first-order valence-corrected chi connectivity index (χ1v) is 10.7. The van der Waals surface area contributed by atoms with E-state index < -0.39 is 0 Å². The van der Waals surface area contributed by atoms with E-state index in [0.717, 1.165) is 19.1 Å². The van der Waals surface area contributed by atoms with Gasteiger partial charge in [-0.15, -0.1) is 0 Å². The van der Waals surface area contributed by atoms with Crippen molar-refractivity contribution >= 4 is 0 Å². The molecule has 4 bridgehead atoms. The molecule has 0 aromatic rings. The molecule has 1 N–H and O–H groups in total. The molecule has 2 aliphatic heterocycles. The minimum Gasteiger partial charge on any atom is -0.388 e. The van der Waals surface area contributed by atoms with Crippen LogP contribution in [0.2, 0.25) is 0 Å². The number of fused-ring (bicyclic) bond motifs is 4. The van der Waals surface area contributed by atoms with Crippen molar-refractivity contribution in [3.63, 3.8) is 0 Å². The Bertz CT molecular complexity index is 634. The van der Waals surface area contributed by atoms with Crippen LogP contribution in [-0.2, 0) is 4.74 Å². The van der Waals surface area contributed by atoms with Crippen LogP contribution in [0.5, 0.6) is 0 Å². The molecule has 1 unspecified atom stereocenters. The summed E-state index contributed by atoms with van der Waals surface area (Å²) in [4.78, 5) is 2.69. The van der Waals surface area contributed by atoms with E-state index in [1.165, 1.54) is 63.5 Å². The standard InChI is InChI=1S/C22H33NO2/c1-14-15-4-8-21(18(14)24)9-5-16-20(2)6-3-7-22(16,17(21)12-15)13-23-10-11-25-19(20)23/h15-19,24H,1,3-13H2,2H3/t15?,16-,17-,18-,19+,20-,21+,22+/m1/s1. The van der Waals surface area contributed by atoms with Crippen LogP contribution in [0.25, 0.3) is 0 Å². The second-order valence-electron chi connectivity index (χ2n) is 10.6. The van der Waals surface area contributed by atoms with Gasteiger partial charge >= 0.3 is 0 Å². The van der Waals surface area contributed by atoms with Crippen LogP contribution >= 0.6 is 0 Å². The molecule has 25 heavy (non-hydrogen) atoms. The predicted octanol–water partition coefficient (Wildman–Crippen LogP) is 3.58. The monoisotopic (exact) mass is 343 g/mol. The molecular weight excluding hydrogens is 310 g/mol. The van der Waals surface area contributed by atoms with Gasteiger partial charge in [0.25, 0.3) is 0 Å². The Morgan fingerprint density at radius 3 is 2.84 bits per heavy atom. The Morgan fingerprint density at radius 1 is 1.12 bits per heavy atom. The molecule has 0 aromatic carbocycles. The Kier molecular flexibility index (Phi) is 2.95. The lowest BCUT2D eigenvalue weighted by atomic mass is 9.34. The lowest BCUT2D eigenvalue weighted by molar-refractivity contribution is -0.273. The summed E-state index contributed by atoms with van der Waals surface area (Å²) in [7, 11) is 0. The van der Waals surface area contributed by atoms with Crippen molar-refractivity contribution in [2.45, 2.75) is 70.6 Å². The van der Waals surface area contributed by atoms with E-state index in [1.807, 2.05) is 0 Å². The molecule has 3 heteroatoms. The van der Waals surface area contributed by atoms with Gasteiger partial charge < -0.3 is 9.84 Å². The van der Waals surface area contributed by atoms with Crippen LogP contribution in [0.1, 0.15) is 58.3 Å². The molecule has 1 spiro atoms. The van der Waals surface area contributed by atoms with E-state index >= 15 is 0 Å². The fourth-order valence-corrected chi connectivity index (χ4v) is 9.25. The van der Waals surface area contributed by atoms with Crippen molar-refractivity contribution in [3.05, 3.63) is 12.2 Å². The summed E-state index contributed by atoms with van der Waals surface area (Å²) in [5, 5.41) is 11.3. The van der Waals surface area contributed by atoms with E-state index in [1.54, 1.807) is 0 Å². The Balaban J connectivity index is 1.49. The van der Waals surface area contributed by atoms with Gasteiger partial charge in [0.05, 0.1) is 12.7 Å². The summed E-state index contributed by atoms with van der Waals surface area (Å²) in [6, 6.07) is 0. The predicted molar refractivity (Wildman–Crippen MR) is 96.8 cm³/mol. The molecule has 7 aliphatic rings. The van der Waals surface area contributed by atoms with Crippen molar-refractivity contribution in [1.29, 1.82) is 0 Å². The Labute approximate surface area is 151 Å². The molecule has 3 nitrogen and oxygen atoms in total. The lowest BCUT2D eigenvalue weighted by Crippen LogP contribution is -2.72. The van der Waals surface area contributed by atoms with Crippen LogP contribution in [0.3, 0.4) is 0 Å². The van der Waals surface area contributed by atoms with Crippen molar-refractivity contribution in [3.8, 4) is 0 Å². The number of nitrogens with zero attached hydrogens (tertiary/aromatic N) is 1. The largest absolute Gasteiger partial charge is 0.388 e. The zero-order chi connectivity index (χ0) is 17.0. The van der Waals surface area contributed by atoms with E-state index in [4.69, 9.17) is 4.74 Å². The molecule has 0 radical (unpaired) electrons. The number of hydrogen-bond donors (Lipinski definition) is 1. The zero-order valence-electron chi connectivity index (χ0n) is 15.7. The van der Waals surface area contributed by atoms with Gasteiger partial charge in [0.15, 0.2) is 0 Å². The average Bonchev–Trinajstić information content (AvgIpc) is 3.07. The summed E-state index contributed by atoms with van der Waals surface area (Å²) in [5.74, 6) is 2.08. The number of ether oxygens (including phenoxy) is 1. The third-order valence-electron chi connectivity index (χ3n) is 10.1. The average molecular weight is 344 g/mol. The molecule has 7 fully saturated rings. The van der Waals surface area contributed by atoms with Crippen LogP contribution < -0.4 is 0 Å². The molecule has 7 rings (SSSR count). The smallest absolute Gasteiger partial charge is 0.116 e. The Morgan fingerprint density at radius 2 is 1.96 bits per heavy atom. The van der Waals surface area contributed by atoms with E-state index in [9.17, 15) is 5.11 Å². The van der Waals surface area contributed by atoms with Gasteiger partial charge in [-0.1, -0.05) is 19.9 Å². The summed E-state index contributed by atoms with van der Waals surface area (Å²) in [6.07, 6.45) is 10.6.